The molecule has 0 aromatic heterocycles. The third-order valence-corrected chi connectivity index (χ3v) is 2.67. The second-order valence-corrected chi connectivity index (χ2v) is 4.21. The molecule has 0 spiro atoms. The fraction of sp³-hybridized carbons (Fsp3) is 0.214. The van der Waals surface area contributed by atoms with Crippen LogP contribution in [0, 0.1) is 0 Å². The van der Waals surface area contributed by atoms with Gasteiger partial charge in [-0.2, -0.15) is 0 Å². The van der Waals surface area contributed by atoms with Crippen LogP contribution in [0.15, 0.2) is 42.0 Å². The number of allylic oxidation sites excluding steroid dienone is 3. The Morgan fingerprint density at radius 2 is 1.94 bits per heavy atom. The van der Waals surface area contributed by atoms with Crippen molar-refractivity contribution in [2.24, 2.45) is 0 Å². The summed E-state index contributed by atoms with van der Waals surface area (Å²) in [4.78, 5) is 13.7. The molecule has 0 aliphatic carbocycles. The summed E-state index contributed by atoms with van der Waals surface area (Å²) in [6, 6.07) is 7.87. The first-order valence-electron chi connectivity index (χ1n) is 5.34. The Morgan fingerprint density at radius 3 is 2.62 bits per heavy atom. The number of likely N-dealkylation sites (N-methyl/N-ethyl adjacent to an activating group) is 1. The van der Waals surface area contributed by atoms with Crippen LogP contribution in [-0.4, -0.2) is 13.0 Å². The molecule has 2 heteroatoms. The molecule has 0 saturated carbocycles. The molecule has 0 radical (unpaired) electrons. The van der Waals surface area contributed by atoms with Crippen LogP contribution in [0.4, 0.5) is 5.69 Å². The van der Waals surface area contributed by atoms with E-state index in [1.165, 1.54) is 5.57 Å². The Hall–Kier alpha value is -1.83. The van der Waals surface area contributed by atoms with Crippen molar-refractivity contribution in [3.05, 3.63) is 47.6 Å². The van der Waals surface area contributed by atoms with Gasteiger partial charge >= 0.3 is 0 Å². The summed E-state index contributed by atoms with van der Waals surface area (Å²) in [5.41, 5.74) is 3.97. The number of fused-ring (bicyclic) bond motifs is 1. The third-order valence-electron chi connectivity index (χ3n) is 2.67. The zero-order valence-electron chi connectivity index (χ0n) is 9.82. The van der Waals surface area contributed by atoms with Crippen LogP contribution in [-0.2, 0) is 4.79 Å². The SMILES string of the molecule is CC(C)=C/C=C1\C(=O)N(C)c2ccccc21. The van der Waals surface area contributed by atoms with Crippen LogP contribution in [0.3, 0.4) is 0 Å². The van der Waals surface area contributed by atoms with E-state index in [4.69, 9.17) is 0 Å². The van der Waals surface area contributed by atoms with Crippen molar-refractivity contribution in [2.75, 3.05) is 11.9 Å². The summed E-state index contributed by atoms with van der Waals surface area (Å²) in [5.74, 6) is 0.0682. The van der Waals surface area contributed by atoms with Gasteiger partial charge in [-0.3, -0.25) is 4.79 Å². The first-order valence-corrected chi connectivity index (χ1v) is 5.34. The van der Waals surface area contributed by atoms with Gasteiger partial charge in [-0.1, -0.05) is 29.8 Å². The van der Waals surface area contributed by atoms with Gasteiger partial charge in [0.15, 0.2) is 0 Å². The zero-order chi connectivity index (χ0) is 11.7. The molecule has 0 atom stereocenters. The maximum atomic E-state index is 12.0. The van der Waals surface area contributed by atoms with E-state index < -0.39 is 0 Å². The van der Waals surface area contributed by atoms with Crippen LogP contribution < -0.4 is 4.90 Å². The molecule has 82 valence electrons. The molecule has 1 aliphatic rings. The molecule has 1 heterocycles. The lowest BCUT2D eigenvalue weighted by atomic mass is 10.1. The number of carbonyl (C=O) groups is 1. The number of anilines is 1. The minimum Gasteiger partial charge on any atom is -0.311 e. The first kappa shape index (κ1) is 10.7. The maximum Gasteiger partial charge on any atom is 0.258 e. The number of hydrogen-bond acceptors (Lipinski definition) is 1. The lowest BCUT2D eigenvalue weighted by molar-refractivity contribution is -0.112. The number of amides is 1. The number of benzene rings is 1. The molecule has 0 unspecified atom stereocenters. The third kappa shape index (κ3) is 1.67. The lowest BCUT2D eigenvalue weighted by Crippen LogP contribution is -2.20. The van der Waals surface area contributed by atoms with Gasteiger partial charge in [-0.25, -0.2) is 0 Å². The molecule has 1 aromatic rings. The van der Waals surface area contributed by atoms with E-state index in [0.717, 1.165) is 16.8 Å². The quantitative estimate of drug-likeness (QED) is 0.657. The topological polar surface area (TPSA) is 20.3 Å². The molecule has 1 amide bonds. The molecule has 1 aliphatic heterocycles. The highest BCUT2D eigenvalue weighted by Crippen LogP contribution is 2.35. The van der Waals surface area contributed by atoms with Crippen LogP contribution in [0.2, 0.25) is 0 Å². The molecule has 1 aromatic carbocycles. The molecular formula is C14H15NO. The van der Waals surface area contributed by atoms with Crippen LogP contribution in [0.25, 0.3) is 5.57 Å². The molecule has 0 bridgehead atoms. The second kappa shape index (κ2) is 3.97. The van der Waals surface area contributed by atoms with Crippen molar-refractivity contribution in [3.63, 3.8) is 0 Å². The molecule has 2 nitrogen and oxygen atoms in total. The molecule has 0 fully saturated rings. The zero-order valence-corrected chi connectivity index (χ0v) is 9.82. The summed E-state index contributed by atoms with van der Waals surface area (Å²) in [7, 11) is 1.81. The average Bonchev–Trinajstić information content (AvgIpc) is 2.50. The Bertz CT molecular complexity index is 493. The summed E-state index contributed by atoms with van der Waals surface area (Å²) < 4.78 is 0. The number of para-hydroxylation sites is 1. The van der Waals surface area contributed by atoms with E-state index in [0.29, 0.717) is 0 Å². The second-order valence-electron chi connectivity index (χ2n) is 4.21. The van der Waals surface area contributed by atoms with Gasteiger partial charge in [0, 0.05) is 18.2 Å². The predicted molar refractivity (Wildman–Crippen MR) is 67.3 cm³/mol. The van der Waals surface area contributed by atoms with Crippen molar-refractivity contribution in [1.29, 1.82) is 0 Å². The smallest absolute Gasteiger partial charge is 0.258 e. The van der Waals surface area contributed by atoms with Gasteiger partial charge in [0.2, 0.25) is 0 Å². The minimum absolute atomic E-state index is 0.0682. The maximum absolute atomic E-state index is 12.0. The van der Waals surface area contributed by atoms with Crippen LogP contribution in [0.5, 0.6) is 0 Å². The minimum atomic E-state index is 0.0682. The van der Waals surface area contributed by atoms with Gasteiger partial charge in [0.1, 0.15) is 0 Å². The molecule has 0 saturated heterocycles. The van der Waals surface area contributed by atoms with Gasteiger partial charge in [0.05, 0.1) is 5.69 Å². The highest BCUT2D eigenvalue weighted by atomic mass is 16.2. The van der Waals surface area contributed by atoms with Crippen molar-refractivity contribution in [3.8, 4) is 0 Å². The Morgan fingerprint density at radius 1 is 1.25 bits per heavy atom. The Labute approximate surface area is 95.9 Å². The van der Waals surface area contributed by atoms with Crippen molar-refractivity contribution >= 4 is 17.2 Å². The summed E-state index contributed by atoms with van der Waals surface area (Å²) in [5, 5.41) is 0. The molecule has 2 rings (SSSR count). The molecule has 0 N–H and O–H groups in total. The van der Waals surface area contributed by atoms with E-state index in [1.807, 2.05) is 57.3 Å². The standard InChI is InChI=1S/C14H15NO/c1-10(2)8-9-12-11-6-4-5-7-13(11)15(3)14(12)16/h4-9H,1-3H3/b12-9-. The normalized spacial score (nSPS) is 16.6. The molecular weight excluding hydrogens is 198 g/mol. The molecule has 16 heavy (non-hydrogen) atoms. The van der Waals surface area contributed by atoms with E-state index in [2.05, 4.69) is 0 Å². The van der Waals surface area contributed by atoms with Crippen molar-refractivity contribution in [2.45, 2.75) is 13.8 Å². The van der Waals surface area contributed by atoms with Gasteiger partial charge in [-0.15, -0.1) is 0 Å². The Kier molecular flexibility index (Phi) is 2.65. The number of hydrogen-bond donors (Lipinski definition) is 0. The van der Waals surface area contributed by atoms with E-state index in [9.17, 15) is 4.79 Å². The fourth-order valence-corrected chi connectivity index (χ4v) is 1.81. The van der Waals surface area contributed by atoms with Gasteiger partial charge in [-0.05, 0) is 26.0 Å². The summed E-state index contributed by atoms with van der Waals surface area (Å²) in [6.07, 6.45) is 3.88. The number of nitrogens with zero attached hydrogens (tertiary/aromatic N) is 1. The van der Waals surface area contributed by atoms with Gasteiger partial charge < -0.3 is 4.90 Å². The number of carbonyl (C=O) groups excluding carboxylic acids is 1. The van der Waals surface area contributed by atoms with Gasteiger partial charge in [0.25, 0.3) is 5.91 Å². The van der Waals surface area contributed by atoms with Crippen LogP contribution in [0.1, 0.15) is 19.4 Å². The summed E-state index contributed by atoms with van der Waals surface area (Å²) in [6.45, 7) is 4.04. The van der Waals surface area contributed by atoms with E-state index in [1.54, 1.807) is 4.90 Å². The highest BCUT2D eigenvalue weighted by Gasteiger charge is 2.28. The average molecular weight is 213 g/mol. The summed E-state index contributed by atoms with van der Waals surface area (Å²) >= 11 is 0. The van der Waals surface area contributed by atoms with Crippen LogP contribution >= 0.6 is 0 Å². The van der Waals surface area contributed by atoms with Crippen molar-refractivity contribution in [1.82, 2.24) is 0 Å². The monoisotopic (exact) mass is 213 g/mol. The number of rotatable bonds is 1. The largest absolute Gasteiger partial charge is 0.311 e. The fourth-order valence-electron chi connectivity index (χ4n) is 1.81. The Balaban J connectivity index is 2.53. The van der Waals surface area contributed by atoms with E-state index >= 15 is 0 Å². The van der Waals surface area contributed by atoms with E-state index in [-0.39, 0.29) is 5.91 Å². The lowest BCUT2D eigenvalue weighted by Gasteiger charge is -2.07. The predicted octanol–water partition coefficient (Wildman–Crippen LogP) is 3.01. The highest BCUT2D eigenvalue weighted by molar-refractivity contribution is 6.32. The van der Waals surface area contributed by atoms with Crippen molar-refractivity contribution < 1.29 is 4.79 Å². The first-order chi connectivity index (χ1) is 7.61.